The van der Waals surface area contributed by atoms with Crippen molar-refractivity contribution in [3.05, 3.63) is 41.7 Å². The summed E-state index contributed by atoms with van der Waals surface area (Å²) in [6, 6.07) is 9.89. The maximum atomic E-state index is 5.16. The number of anilines is 2. The molecule has 2 aromatic rings. The summed E-state index contributed by atoms with van der Waals surface area (Å²) in [5.74, 6) is 3.64. The first-order chi connectivity index (χ1) is 10.1. The summed E-state index contributed by atoms with van der Waals surface area (Å²) < 4.78 is 5.16. The number of nitrogens with one attached hydrogen (secondary N) is 2. The monoisotopic (exact) mass is 286 g/mol. The van der Waals surface area contributed by atoms with Crippen molar-refractivity contribution in [2.45, 2.75) is 26.3 Å². The molecular weight excluding hydrogens is 264 g/mol. The lowest BCUT2D eigenvalue weighted by atomic mass is 10.2. The summed E-state index contributed by atoms with van der Waals surface area (Å²) in [6.07, 6.45) is 0. The van der Waals surface area contributed by atoms with Crippen molar-refractivity contribution in [1.29, 1.82) is 0 Å². The van der Waals surface area contributed by atoms with Gasteiger partial charge in [-0.3, -0.25) is 0 Å². The second kappa shape index (κ2) is 6.92. The Morgan fingerprint density at radius 1 is 1.10 bits per heavy atom. The molecule has 0 aliphatic rings. The Hall–Kier alpha value is -2.30. The topological polar surface area (TPSA) is 59.1 Å². The number of nitrogens with zero attached hydrogens (tertiary/aromatic N) is 2. The predicted octanol–water partition coefficient (Wildman–Crippen LogP) is 3.26. The molecule has 0 radical (unpaired) electrons. The van der Waals surface area contributed by atoms with Crippen LogP contribution < -0.4 is 15.4 Å². The van der Waals surface area contributed by atoms with Crippen molar-refractivity contribution in [2.75, 3.05) is 24.8 Å². The first-order valence-corrected chi connectivity index (χ1v) is 7.06. The standard InChI is InChI=1S/C16H22N4O/c1-11(2)16-19-14(17-3)9-15(20-16)18-10-12-5-7-13(21-4)8-6-12/h5-9,11H,10H2,1-4H3,(H2,17,18,19,20). The highest BCUT2D eigenvalue weighted by molar-refractivity contribution is 5.48. The van der Waals surface area contributed by atoms with Crippen molar-refractivity contribution in [3.63, 3.8) is 0 Å². The minimum atomic E-state index is 0.292. The summed E-state index contributed by atoms with van der Waals surface area (Å²) in [7, 11) is 3.53. The molecule has 0 spiro atoms. The smallest absolute Gasteiger partial charge is 0.135 e. The fourth-order valence-electron chi connectivity index (χ4n) is 1.88. The van der Waals surface area contributed by atoms with E-state index < -0.39 is 0 Å². The van der Waals surface area contributed by atoms with Crippen LogP contribution in [0.2, 0.25) is 0 Å². The quantitative estimate of drug-likeness (QED) is 0.853. The summed E-state index contributed by atoms with van der Waals surface area (Å²) in [5.41, 5.74) is 1.17. The van der Waals surface area contributed by atoms with Crippen LogP contribution in [0.3, 0.4) is 0 Å². The van der Waals surface area contributed by atoms with Gasteiger partial charge in [0.05, 0.1) is 7.11 Å². The highest BCUT2D eigenvalue weighted by Gasteiger charge is 2.07. The van der Waals surface area contributed by atoms with Gasteiger partial charge in [-0.25, -0.2) is 9.97 Å². The van der Waals surface area contributed by atoms with Crippen LogP contribution in [0.1, 0.15) is 31.2 Å². The maximum absolute atomic E-state index is 5.16. The predicted molar refractivity (Wildman–Crippen MR) is 86.0 cm³/mol. The van der Waals surface area contributed by atoms with Gasteiger partial charge in [-0.15, -0.1) is 0 Å². The van der Waals surface area contributed by atoms with Crippen molar-refractivity contribution < 1.29 is 4.74 Å². The first kappa shape index (κ1) is 15.1. The first-order valence-electron chi connectivity index (χ1n) is 7.06. The number of aromatic nitrogens is 2. The Labute approximate surface area is 125 Å². The second-order valence-electron chi connectivity index (χ2n) is 5.10. The molecule has 5 heteroatoms. The van der Waals surface area contributed by atoms with Gasteiger partial charge in [0.25, 0.3) is 0 Å². The van der Waals surface area contributed by atoms with Crippen LogP contribution >= 0.6 is 0 Å². The van der Waals surface area contributed by atoms with E-state index in [0.717, 1.165) is 23.2 Å². The third kappa shape index (κ3) is 4.08. The number of methoxy groups -OCH3 is 1. The Balaban J connectivity index is 2.09. The zero-order valence-electron chi connectivity index (χ0n) is 13.0. The second-order valence-corrected chi connectivity index (χ2v) is 5.10. The summed E-state index contributed by atoms with van der Waals surface area (Å²) in [5, 5.41) is 6.40. The lowest BCUT2D eigenvalue weighted by Crippen LogP contribution is -2.07. The third-order valence-corrected chi connectivity index (χ3v) is 3.15. The fraction of sp³-hybridized carbons (Fsp3) is 0.375. The van der Waals surface area contributed by atoms with E-state index in [2.05, 4.69) is 34.4 Å². The zero-order chi connectivity index (χ0) is 15.2. The fourth-order valence-corrected chi connectivity index (χ4v) is 1.88. The normalized spacial score (nSPS) is 10.5. The number of ether oxygens (including phenoxy) is 1. The molecule has 1 aromatic heterocycles. The Bertz CT molecular complexity index is 581. The van der Waals surface area contributed by atoms with Crippen molar-refractivity contribution in [1.82, 2.24) is 9.97 Å². The summed E-state index contributed by atoms with van der Waals surface area (Å²) >= 11 is 0. The molecule has 2 rings (SSSR count). The van der Waals surface area contributed by atoms with E-state index in [-0.39, 0.29) is 0 Å². The number of benzene rings is 1. The molecule has 0 aliphatic heterocycles. The maximum Gasteiger partial charge on any atom is 0.135 e. The van der Waals surface area contributed by atoms with Crippen LogP contribution in [-0.2, 0) is 6.54 Å². The van der Waals surface area contributed by atoms with E-state index in [4.69, 9.17) is 4.74 Å². The molecule has 1 aromatic carbocycles. The van der Waals surface area contributed by atoms with Crippen LogP contribution in [0.5, 0.6) is 5.75 Å². The third-order valence-electron chi connectivity index (χ3n) is 3.15. The number of rotatable bonds is 6. The van der Waals surface area contributed by atoms with E-state index in [1.807, 2.05) is 37.4 Å². The molecule has 0 saturated heterocycles. The zero-order valence-corrected chi connectivity index (χ0v) is 13.0. The van der Waals surface area contributed by atoms with Crippen molar-refractivity contribution in [2.24, 2.45) is 0 Å². The van der Waals surface area contributed by atoms with Crippen molar-refractivity contribution >= 4 is 11.6 Å². The Morgan fingerprint density at radius 2 is 1.76 bits per heavy atom. The van der Waals surface area contributed by atoms with Gasteiger partial charge in [0.1, 0.15) is 23.2 Å². The van der Waals surface area contributed by atoms with E-state index in [0.29, 0.717) is 12.5 Å². The van der Waals surface area contributed by atoms with Crippen LogP contribution in [0, 0.1) is 0 Å². The van der Waals surface area contributed by atoms with Gasteiger partial charge in [-0.05, 0) is 17.7 Å². The molecule has 1 heterocycles. The molecule has 21 heavy (non-hydrogen) atoms. The van der Waals surface area contributed by atoms with Gasteiger partial charge < -0.3 is 15.4 Å². The molecule has 112 valence electrons. The van der Waals surface area contributed by atoms with E-state index >= 15 is 0 Å². The van der Waals surface area contributed by atoms with E-state index in [1.54, 1.807) is 7.11 Å². The minimum Gasteiger partial charge on any atom is -0.497 e. The molecule has 0 bridgehead atoms. The van der Waals surface area contributed by atoms with Crippen LogP contribution in [0.4, 0.5) is 11.6 Å². The summed E-state index contributed by atoms with van der Waals surface area (Å²) in [6.45, 7) is 4.88. The Kier molecular flexibility index (Phi) is 4.98. The van der Waals surface area contributed by atoms with Gasteiger partial charge in [0.2, 0.25) is 0 Å². The molecule has 2 N–H and O–H groups in total. The lowest BCUT2D eigenvalue weighted by molar-refractivity contribution is 0.414. The lowest BCUT2D eigenvalue weighted by Gasteiger charge is -2.11. The van der Waals surface area contributed by atoms with E-state index in [9.17, 15) is 0 Å². The summed E-state index contributed by atoms with van der Waals surface area (Å²) in [4.78, 5) is 8.99. The van der Waals surface area contributed by atoms with Crippen LogP contribution in [0.25, 0.3) is 0 Å². The van der Waals surface area contributed by atoms with Gasteiger partial charge in [-0.1, -0.05) is 26.0 Å². The van der Waals surface area contributed by atoms with Gasteiger partial charge in [-0.2, -0.15) is 0 Å². The molecule has 0 aliphatic carbocycles. The highest BCUT2D eigenvalue weighted by atomic mass is 16.5. The largest absolute Gasteiger partial charge is 0.497 e. The minimum absolute atomic E-state index is 0.292. The van der Waals surface area contributed by atoms with Gasteiger partial charge >= 0.3 is 0 Å². The molecule has 0 fully saturated rings. The van der Waals surface area contributed by atoms with Gasteiger partial charge in [0.15, 0.2) is 0 Å². The molecule has 0 atom stereocenters. The van der Waals surface area contributed by atoms with E-state index in [1.165, 1.54) is 5.56 Å². The number of hydrogen-bond donors (Lipinski definition) is 2. The van der Waals surface area contributed by atoms with Crippen molar-refractivity contribution in [3.8, 4) is 5.75 Å². The molecule has 0 amide bonds. The van der Waals surface area contributed by atoms with Gasteiger partial charge in [0, 0.05) is 25.6 Å². The Morgan fingerprint density at radius 3 is 2.33 bits per heavy atom. The average Bonchev–Trinajstić information content (AvgIpc) is 2.53. The number of hydrogen-bond acceptors (Lipinski definition) is 5. The molecule has 0 saturated carbocycles. The average molecular weight is 286 g/mol. The molecule has 5 nitrogen and oxygen atoms in total. The highest BCUT2D eigenvalue weighted by Crippen LogP contribution is 2.18. The van der Waals surface area contributed by atoms with Crippen LogP contribution in [0.15, 0.2) is 30.3 Å². The van der Waals surface area contributed by atoms with Crippen LogP contribution in [-0.4, -0.2) is 24.1 Å². The SMILES string of the molecule is CNc1cc(NCc2ccc(OC)cc2)nc(C(C)C)n1. The molecule has 0 unspecified atom stereocenters. The molecular formula is C16H22N4O.